The molecule has 1 aliphatic heterocycles. The second-order valence-corrected chi connectivity index (χ2v) is 6.19. The molecule has 7 heteroatoms. The van der Waals surface area contributed by atoms with Gasteiger partial charge >= 0.3 is 0 Å². The van der Waals surface area contributed by atoms with Gasteiger partial charge in [-0.1, -0.05) is 12.8 Å². The monoisotopic (exact) mass is 424 g/mol. The number of guanidine groups is 1. The number of nitrogens with one attached hydrogen (secondary N) is 2. The average molecular weight is 424 g/mol. The maximum absolute atomic E-state index is 11.7. The highest BCUT2D eigenvalue weighted by Crippen LogP contribution is 2.17. The van der Waals surface area contributed by atoms with Gasteiger partial charge in [-0.05, 0) is 19.3 Å². The van der Waals surface area contributed by atoms with Crippen molar-refractivity contribution < 1.29 is 9.53 Å². The van der Waals surface area contributed by atoms with E-state index in [4.69, 9.17) is 4.74 Å². The van der Waals surface area contributed by atoms with Gasteiger partial charge in [-0.25, -0.2) is 4.99 Å². The van der Waals surface area contributed by atoms with Crippen LogP contribution in [0.1, 0.15) is 32.1 Å². The Kier molecular flexibility index (Phi) is 9.08. The van der Waals surface area contributed by atoms with Crippen molar-refractivity contribution in [2.24, 2.45) is 10.9 Å². The summed E-state index contributed by atoms with van der Waals surface area (Å²) in [6.45, 7) is 2.72. The maximum atomic E-state index is 11.7. The number of ether oxygens (including phenoxy) is 1. The van der Waals surface area contributed by atoms with Gasteiger partial charge in [0, 0.05) is 39.2 Å². The van der Waals surface area contributed by atoms with Crippen molar-refractivity contribution in [3.8, 4) is 0 Å². The van der Waals surface area contributed by atoms with Crippen molar-refractivity contribution >= 4 is 35.8 Å². The Morgan fingerprint density at radius 3 is 2.59 bits per heavy atom. The zero-order valence-corrected chi connectivity index (χ0v) is 16.0. The highest BCUT2D eigenvalue weighted by molar-refractivity contribution is 14.0. The fraction of sp³-hybridized carbons (Fsp3) is 0.867. The molecule has 128 valence electrons. The lowest BCUT2D eigenvalue weighted by molar-refractivity contribution is -0.127. The van der Waals surface area contributed by atoms with E-state index in [1.54, 1.807) is 19.0 Å². The molecule has 0 bridgehead atoms. The second kappa shape index (κ2) is 10.3. The highest BCUT2D eigenvalue weighted by atomic mass is 127. The number of carbonyl (C=O) groups is 1. The van der Waals surface area contributed by atoms with Gasteiger partial charge in [-0.15, -0.1) is 24.0 Å². The summed E-state index contributed by atoms with van der Waals surface area (Å²) in [6, 6.07) is 0.491. The number of halogens is 1. The van der Waals surface area contributed by atoms with Crippen molar-refractivity contribution in [3.05, 3.63) is 0 Å². The van der Waals surface area contributed by atoms with Gasteiger partial charge in [-0.2, -0.15) is 0 Å². The lowest BCUT2D eigenvalue weighted by Crippen LogP contribution is -2.44. The summed E-state index contributed by atoms with van der Waals surface area (Å²) < 4.78 is 5.39. The topological polar surface area (TPSA) is 66.0 Å². The van der Waals surface area contributed by atoms with E-state index in [2.05, 4.69) is 15.6 Å². The van der Waals surface area contributed by atoms with Crippen LogP contribution in [0.4, 0.5) is 0 Å². The van der Waals surface area contributed by atoms with Crippen LogP contribution >= 0.6 is 24.0 Å². The standard InChI is InChI=1S/C15H28N4O2.HI/c1-19(2)14(20)10-17-15(18-13-5-3-4-6-13)16-9-12-7-8-21-11-12;/h12-13H,3-11H2,1-2H3,(H2,16,17,18);1H. The van der Waals surface area contributed by atoms with E-state index in [1.165, 1.54) is 25.7 Å². The molecular weight excluding hydrogens is 395 g/mol. The van der Waals surface area contributed by atoms with E-state index in [0.717, 1.165) is 32.1 Å². The van der Waals surface area contributed by atoms with Crippen LogP contribution in [0, 0.1) is 5.92 Å². The van der Waals surface area contributed by atoms with Crippen molar-refractivity contribution in [2.45, 2.75) is 38.1 Å². The number of hydrogen-bond donors (Lipinski definition) is 2. The molecule has 0 aromatic heterocycles. The first-order chi connectivity index (χ1) is 10.1. The Morgan fingerprint density at radius 2 is 2.00 bits per heavy atom. The quantitative estimate of drug-likeness (QED) is 0.396. The van der Waals surface area contributed by atoms with E-state index in [1.807, 2.05) is 0 Å². The summed E-state index contributed by atoms with van der Waals surface area (Å²) in [6.07, 6.45) is 6.03. The fourth-order valence-corrected chi connectivity index (χ4v) is 2.69. The molecule has 2 fully saturated rings. The van der Waals surface area contributed by atoms with Gasteiger partial charge in [0.25, 0.3) is 0 Å². The van der Waals surface area contributed by atoms with Gasteiger partial charge in [0.15, 0.2) is 5.96 Å². The van der Waals surface area contributed by atoms with E-state index < -0.39 is 0 Å². The third kappa shape index (κ3) is 6.68. The number of aliphatic imine (C=N–C) groups is 1. The molecule has 1 saturated heterocycles. The molecule has 0 radical (unpaired) electrons. The highest BCUT2D eigenvalue weighted by Gasteiger charge is 2.19. The van der Waals surface area contributed by atoms with Crippen molar-refractivity contribution in [1.82, 2.24) is 15.5 Å². The molecule has 2 aliphatic rings. The van der Waals surface area contributed by atoms with Crippen LogP contribution in [0.2, 0.25) is 0 Å². The molecule has 2 N–H and O–H groups in total. The molecule has 1 atom stereocenters. The van der Waals surface area contributed by atoms with Crippen molar-refractivity contribution in [1.29, 1.82) is 0 Å². The maximum Gasteiger partial charge on any atom is 0.243 e. The smallest absolute Gasteiger partial charge is 0.243 e. The Bertz CT molecular complexity index is 365. The Labute approximate surface area is 150 Å². The molecule has 1 unspecified atom stereocenters. The summed E-state index contributed by atoms with van der Waals surface area (Å²) in [5, 5.41) is 6.83. The number of carbonyl (C=O) groups excluding carboxylic acids is 1. The number of hydrogen-bond acceptors (Lipinski definition) is 3. The molecule has 0 aromatic carbocycles. The first-order valence-corrected chi connectivity index (χ1v) is 7.98. The number of nitrogens with zero attached hydrogens (tertiary/aromatic N) is 2. The van der Waals surface area contributed by atoms with Crippen LogP contribution in [-0.2, 0) is 9.53 Å². The van der Waals surface area contributed by atoms with Crippen LogP contribution in [0.15, 0.2) is 4.99 Å². The molecule has 1 aliphatic carbocycles. The number of rotatable bonds is 5. The van der Waals surface area contributed by atoms with Crippen LogP contribution < -0.4 is 10.6 Å². The molecule has 1 amide bonds. The first kappa shape index (κ1) is 19.5. The van der Waals surface area contributed by atoms with E-state index >= 15 is 0 Å². The normalized spacial score (nSPS) is 22.3. The summed E-state index contributed by atoms with van der Waals surface area (Å²) in [5.74, 6) is 1.33. The van der Waals surface area contributed by atoms with Crippen LogP contribution in [-0.4, -0.2) is 63.2 Å². The molecular formula is C15H29IN4O2. The molecule has 1 saturated carbocycles. The predicted molar refractivity (Wildman–Crippen MR) is 98.7 cm³/mol. The summed E-state index contributed by atoms with van der Waals surface area (Å²) in [5.41, 5.74) is 0. The third-order valence-corrected chi connectivity index (χ3v) is 4.15. The minimum Gasteiger partial charge on any atom is -0.381 e. The Hall–Kier alpha value is -0.570. The molecule has 2 rings (SSSR count). The molecule has 0 spiro atoms. The van der Waals surface area contributed by atoms with Crippen molar-refractivity contribution in [2.75, 3.05) is 40.4 Å². The molecule has 6 nitrogen and oxygen atoms in total. The summed E-state index contributed by atoms with van der Waals surface area (Å²) in [7, 11) is 3.51. The SMILES string of the molecule is CN(C)C(=O)CN=C(NCC1CCOC1)NC1CCCC1.I. The van der Waals surface area contributed by atoms with Crippen molar-refractivity contribution in [3.63, 3.8) is 0 Å². The van der Waals surface area contributed by atoms with Gasteiger partial charge in [0.05, 0.1) is 6.61 Å². The fourth-order valence-electron chi connectivity index (χ4n) is 2.69. The van der Waals surface area contributed by atoms with E-state index in [0.29, 0.717) is 12.0 Å². The van der Waals surface area contributed by atoms with Crippen LogP contribution in [0.5, 0.6) is 0 Å². The van der Waals surface area contributed by atoms with Crippen LogP contribution in [0.25, 0.3) is 0 Å². The predicted octanol–water partition coefficient (Wildman–Crippen LogP) is 1.21. The van der Waals surface area contributed by atoms with E-state index in [-0.39, 0.29) is 36.4 Å². The molecule has 0 aromatic rings. The largest absolute Gasteiger partial charge is 0.381 e. The van der Waals surface area contributed by atoms with Crippen LogP contribution in [0.3, 0.4) is 0 Å². The summed E-state index contributed by atoms with van der Waals surface area (Å²) >= 11 is 0. The number of amides is 1. The molecule has 22 heavy (non-hydrogen) atoms. The lowest BCUT2D eigenvalue weighted by atomic mass is 10.1. The molecule has 1 heterocycles. The minimum absolute atomic E-state index is 0. The minimum atomic E-state index is 0. The number of likely N-dealkylation sites (N-methyl/N-ethyl adjacent to an activating group) is 1. The second-order valence-electron chi connectivity index (χ2n) is 6.19. The van der Waals surface area contributed by atoms with Gasteiger partial charge in [0.1, 0.15) is 6.54 Å². The Balaban J connectivity index is 0.00000242. The zero-order chi connectivity index (χ0) is 15.1. The Morgan fingerprint density at radius 1 is 1.27 bits per heavy atom. The third-order valence-electron chi connectivity index (χ3n) is 4.15. The van der Waals surface area contributed by atoms with Gasteiger partial charge in [-0.3, -0.25) is 4.79 Å². The van der Waals surface area contributed by atoms with Gasteiger partial charge < -0.3 is 20.3 Å². The summed E-state index contributed by atoms with van der Waals surface area (Å²) in [4.78, 5) is 17.7. The first-order valence-electron chi connectivity index (χ1n) is 7.98. The lowest BCUT2D eigenvalue weighted by Gasteiger charge is -2.19. The van der Waals surface area contributed by atoms with E-state index in [9.17, 15) is 4.79 Å². The van der Waals surface area contributed by atoms with Gasteiger partial charge in [0.2, 0.25) is 5.91 Å². The zero-order valence-electron chi connectivity index (χ0n) is 13.6. The average Bonchev–Trinajstić information content (AvgIpc) is 3.14.